The molecule has 0 fully saturated rings. The Bertz CT molecular complexity index is 769. The molecule has 5 heteroatoms. The number of esters is 1. The van der Waals surface area contributed by atoms with Crippen LogP contribution in [-0.2, 0) is 14.3 Å². The maximum Gasteiger partial charge on any atom is 0.331 e. The van der Waals surface area contributed by atoms with Gasteiger partial charge in [-0.15, -0.1) is 0 Å². The molecular weight excluding hydrogens is 338 g/mol. The first-order valence-electron chi connectivity index (χ1n) is 7.91. The molecule has 25 heavy (non-hydrogen) atoms. The summed E-state index contributed by atoms with van der Waals surface area (Å²) in [6, 6.07) is 14.7. The van der Waals surface area contributed by atoms with Gasteiger partial charge in [0.25, 0.3) is 5.91 Å². The summed E-state index contributed by atoms with van der Waals surface area (Å²) < 4.78 is 4.96. The van der Waals surface area contributed by atoms with Crippen LogP contribution >= 0.6 is 11.6 Å². The molecule has 1 atom stereocenters. The van der Waals surface area contributed by atoms with Crippen LogP contribution < -0.4 is 5.32 Å². The third kappa shape index (κ3) is 6.08. The quantitative estimate of drug-likeness (QED) is 0.626. The van der Waals surface area contributed by atoms with E-state index in [2.05, 4.69) is 5.32 Å². The average Bonchev–Trinajstić information content (AvgIpc) is 2.59. The number of nitrogens with one attached hydrogen (secondary N) is 1. The topological polar surface area (TPSA) is 55.4 Å². The summed E-state index contributed by atoms with van der Waals surface area (Å²) >= 11 is 5.84. The standard InChI is InChI=1S/C20H20ClNO3/c1-14-5-3-4-6-16(14)9-12-20(24)25-13-19(23)22-15(2)17-7-10-18(21)11-8-17/h3-12,15H,13H2,1-2H3,(H,22,23)/b12-9+/t15-/m1/s1. The highest BCUT2D eigenvalue weighted by molar-refractivity contribution is 6.30. The third-order valence-electron chi connectivity index (χ3n) is 3.68. The van der Waals surface area contributed by atoms with Crippen molar-refractivity contribution in [3.05, 3.63) is 76.3 Å². The van der Waals surface area contributed by atoms with Crippen LogP contribution in [0.15, 0.2) is 54.6 Å². The number of hydrogen-bond acceptors (Lipinski definition) is 3. The van der Waals surface area contributed by atoms with E-state index in [9.17, 15) is 9.59 Å². The molecule has 0 unspecified atom stereocenters. The van der Waals surface area contributed by atoms with E-state index in [0.29, 0.717) is 5.02 Å². The lowest BCUT2D eigenvalue weighted by molar-refractivity contribution is -0.144. The van der Waals surface area contributed by atoms with Gasteiger partial charge in [-0.3, -0.25) is 4.79 Å². The lowest BCUT2D eigenvalue weighted by atomic mass is 10.1. The van der Waals surface area contributed by atoms with Crippen molar-refractivity contribution in [2.75, 3.05) is 6.61 Å². The molecule has 0 spiro atoms. The van der Waals surface area contributed by atoms with Crippen molar-refractivity contribution >= 4 is 29.6 Å². The van der Waals surface area contributed by atoms with E-state index in [1.165, 1.54) is 6.08 Å². The molecule has 0 saturated heterocycles. The van der Waals surface area contributed by atoms with Crippen molar-refractivity contribution in [2.45, 2.75) is 19.9 Å². The van der Waals surface area contributed by atoms with Crippen molar-refractivity contribution in [1.82, 2.24) is 5.32 Å². The summed E-state index contributed by atoms with van der Waals surface area (Å²) in [4.78, 5) is 23.6. The molecule has 0 aliphatic carbocycles. The van der Waals surface area contributed by atoms with E-state index in [0.717, 1.165) is 16.7 Å². The lowest BCUT2D eigenvalue weighted by Crippen LogP contribution is -2.30. The summed E-state index contributed by atoms with van der Waals surface area (Å²) in [6.45, 7) is 3.48. The molecule has 0 saturated carbocycles. The number of amides is 1. The fourth-order valence-corrected chi connectivity index (χ4v) is 2.36. The minimum atomic E-state index is -0.558. The van der Waals surface area contributed by atoms with Crippen molar-refractivity contribution in [1.29, 1.82) is 0 Å². The van der Waals surface area contributed by atoms with Crippen LogP contribution in [-0.4, -0.2) is 18.5 Å². The molecule has 4 nitrogen and oxygen atoms in total. The molecule has 1 N–H and O–H groups in total. The van der Waals surface area contributed by atoms with Crippen LogP contribution in [0.2, 0.25) is 5.02 Å². The van der Waals surface area contributed by atoms with Gasteiger partial charge in [0.05, 0.1) is 6.04 Å². The SMILES string of the molecule is Cc1ccccc1/C=C/C(=O)OCC(=O)N[C@H](C)c1ccc(Cl)cc1. The summed E-state index contributed by atoms with van der Waals surface area (Å²) in [6.07, 6.45) is 2.99. The first-order valence-corrected chi connectivity index (χ1v) is 8.29. The summed E-state index contributed by atoms with van der Waals surface area (Å²) in [5.74, 6) is -0.919. The second-order valence-corrected chi connectivity index (χ2v) is 6.07. The maximum atomic E-state index is 11.9. The van der Waals surface area contributed by atoms with Gasteiger partial charge in [0, 0.05) is 11.1 Å². The molecular formula is C20H20ClNO3. The predicted molar refractivity (Wildman–Crippen MR) is 99.2 cm³/mol. The zero-order valence-corrected chi connectivity index (χ0v) is 14.9. The first kappa shape index (κ1) is 18.7. The molecule has 0 aliphatic heterocycles. The summed E-state index contributed by atoms with van der Waals surface area (Å²) in [5, 5.41) is 3.41. The second-order valence-electron chi connectivity index (χ2n) is 5.64. The monoisotopic (exact) mass is 357 g/mol. The molecule has 2 rings (SSSR count). The third-order valence-corrected chi connectivity index (χ3v) is 3.93. The number of hydrogen-bond donors (Lipinski definition) is 1. The normalized spacial score (nSPS) is 12.0. The van der Waals surface area contributed by atoms with Crippen molar-refractivity contribution in [3.63, 3.8) is 0 Å². The Kier molecular flexibility index (Phi) is 6.78. The van der Waals surface area contributed by atoms with Crippen molar-refractivity contribution < 1.29 is 14.3 Å². The minimum Gasteiger partial charge on any atom is -0.452 e. The van der Waals surface area contributed by atoms with Crippen LogP contribution in [0, 0.1) is 6.92 Å². The zero-order chi connectivity index (χ0) is 18.2. The minimum absolute atomic E-state index is 0.203. The Hall–Kier alpha value is -2.59. The van der Waals surface area contributed by atoms with Gasteiger partial charge in [0.2, 0.25) is 0 Å². The molecule has 0 bridgehead atoms. The fraction of sp³-hybridized carbons (Fsp3) is 0.200. The Morgan fingerprint density at radius 3 is 2.52 bits per heavy atom. The van der Waals surface area contributed by atoms with Crippen LogP contribution in [0.1, 0.15) is 29.7 Å². The molecule has 0 aromatic heterocycles. The Labute approximate surface area is 152 Å². The van der Waals surface area contributed by atoms with E-state index in [1.54, 1.807) is 18.2 Å². The lowest BCUT2D eigenvalue weighted by Gasteiger charge is -2.14. The summed E-state index contributed by atoms with van der Waals surface area (Å²) in [5.41, 5.74) is 2.91. The van der Waals surface area contributed by atoms with Crippen molar-refractivity contribution in [3.8, 4) is 0 Å². The largest absolute Gasteiger partial charge is 0.452 e. The molecule has 1 amide bonds. The van der Waals surface area contributed by atoms with Gasteiger partial charge in [-0.2, -0.15) is 0 Å². The van der Waals surface area contributed by atoms with E-state index >= 15 is 0 Å². The van der Waals surface area contributed by atoms with Gasteiger partial charge in [-0.25, -0.2) is 4.79 Å². The van der Waals surface area contributed by atoms with Gasteiger partial charge in [0.15, 0.2) is 6.61 Å². The highest BCUT2D eigenvalue weighted by atomic mass is 35.5. The predicted octanol–water partition coefficient (Wildman–Crippen LogP) is 4.08. The van der Waals surface area contributed by atoms with Crippen LogP contribution in [0.3, 0.4) is 0 Å². The molecule has 130 valence electrons. The first-order chi connectivity index (χ1) is 12.0. The Balaban J connectivity index is 1.80. The number of rotatable bonds is 6. The number of benzene rings is 2. The number of carbonyl (C=O) groups is 2. The molecule has 0 heterocycles. The Morgan fingerprint density at radius 2 is 1.84 bits per heavy atom. The smallest absolute Gasteiger partial charge is 0.331 e. The fourth-order valence-electron chi connectivity index (χ4n) is 2.23. The van der Waals surface area contributed by atoms with E-state index in [1.807, 2.05) is 50.2 Å². The molecule has 2 aromatic carbocycles. The van der Waals surface area contributed by atoms with Gasteiger partial charge >= 0.3 is 5.97 Å². The van der Waals surface area contributed by atoms with Gasteiger partial charge in [-0.1, -0.05) is 48.0 Å². The van der Waals surface area contributed by atoms with Crippen LogP contribution in [0.25, 0.3) is 6.08 Å². The van der Waals surface area contributed by atoms with Crippen molar-refractivity contribution in [2.24, 2.45) is 0 Å². The number of aryl methyl sites for hydroxylation is 1. The second kappa shape index (κ2) is 9.04. The number of carbonyl (C=O) groups excluding carboxylic acids is 2. The molecule has 0 radical (unpaired) electrons. The van der Waals surface area contributed by atoms with Gasteiger partial charge in [0.1, 0.15) is 0 Å². The number of ether oxygens (including phenoxy) is 1. The summed E-state index contributed by atoms with van der Waals surface area (Å²) in [7, 11) is 0. The average molecular weight is 358 g/mol. The zero-order valence-electron chi connectivity index (χ0n) is 14.2. The van der Waals surface area contributed by atoms with E-state index in [4.69, 9.17) is 16.3 Å². The highest BCUT2D eigenvalue weighted by Crippen LogP contribution is 2.15. The highest BCUT2D eigenvalue weighted by Gasteiger charge is 2.11. The maximum absolute atomic E-state index is 11.9. The van der Waals surface area contributed by atoms with Crippen LogP contribution in [0.5, 0.6) is 0 Å². The van der Waals surface area contributed by atoms with E-state index < -0.39 is 5.97 Å². The van der Waals surface area contributed by atoms with Crippen LogP contribution in [0.4, 0.5) is 0 Å². The molecule has 2 aromatic rings. The Morgan fingerprint density at radius 1 is 1.16 bits per heavy atom. The number of halogens is 1. The van der Waals surface area contributed by atoms with Gasteiger partial charge < -0.3 is 10.1 Å². The van der Waals surface area contributed by atoms with Gasteiger partial charge in [-0.05, 0) is 48.7 Å². The molecule has 0 aliphatic rings. The van der Waals surface area contributed by atoms with E-state index in [-0.39, 0.29) is 18.6 Å².